The Morgan fingerprint density at radius 2 is 2.29 bits per heavy atom. The molecule has 0 bridgehead atoms. The number of dihydropyridines is 1. The molecule has 76 valence electrons. The van der Waals surface area contributed by atoms with Crippen LogP contribution in [0.4, 0.5) is 0 Å². The van der Waals surface area contributed by atoms with E-state index < -0.39 is 10.6 Å². The standard InChI is InChI=1S/C8H12N4O2/c9-7-3-6(12(13)14)4-11-8(7,10)5-1-2-5/h3-5,11H,1-2,9-10H2. The molecule has 14 heavy (non-hydrogen) atoms. The lowest BCUT2D eigenvalue weighted by atomic mass is 9.98. The minimum atomic E-state index is -0.778. The van der Waals surface area contributed by atoms with Gasteiger partial charge in [-0.05, 0) is 12.8 Å². The number of nitro groups is 1. The highest BCUT2D eigenvalue weighted by Gasteiger charge is 2.45. The number of nitrogens with two attached hydrogens (primary N) is 2. The van der Waals surface area contributed by atoms with E-state index in [1.807, 2.05) is 0 Å². The Kier molecular flexibility index (Phi) is 1.75. The van der Waals surface area contributed by atoms with Crippen LogP contribution >= 0.6 is 0 Å². The Bertz CT molecular complexity index is 345. The van der Waals surface area contributed by atoms with Crippen molar-refractivity contribution in [2.75, 3.05) is 0 Å². The molecule has 1 aliphatic carbocycles. The lowest BCUT2D eigenvalue weighted by molar-refractivity contribution is -0.420. The third kappa shape index (κ3) is 1.24. The number of rotatable bonds is 2. The Morgan fingerprint density at radius 3 is 2.71 bits per heavy atom. The van der Waals surface area contributed by atoms with Gasteiger partial charge in [0.25, 0.3) is 5.70 Å². The Balaban J connectivity index is 2.24. The molecule has 1 atom stereocenters. The second-order valence-electron chi connectivity index (χ2n) is 3.71. The van der Waals surface area contributed by atoms with Crippen LogP contribution in [0.2, 0.25) is 0 Å². The van der Waals surface area contributed by atoms with Crippen LogP contribution in [-0.2, 0) is 0 Å². The third-order valence-corrected chi connectivity index (χ3v) is 2.67. The van der Waals surface area contributed by atoms with E-state index in [1.165, 1.54) is 12.3 Å². The molecule has 0 radical (unpaired) electrons. The van der Waals surface area contributed by atoms with E-state index in [1.54, 1.807) is 0 Å². The van der Waals surface area contributed by atoms with Crippen LogP contribution in [0.1, 0.15) is 12.8 Å². The highest BCUT2D eigenvalue weighted by molar-refractivity contribution is 5.31. The van der Waals surface area contributed by atoms with Crippen molar-refractivity contribution in [1.82, 2.24) is 5.32 Å². The molecule has 1 heterocycles. The fourth-order valence-corrected chi connectivity index (χ4v) is 1.59. The number of hydrogen-bond acceptors (Lipinski definition) is 5. The maximum Gasteiger partial charge on any atom is 0.286 e. The van der Waals surface area contributed by atoms with Crippen molar-refractivity contribution in [1.29, 1.82) is 0 Å². The monoisotopic (exact) mass is 196 g/mol. The summed E-state index contributed by atoms with van der Waals surface area (Å²) in [6.07, 6.45) is 4.67. The zero-order valence-corrected chi connectivity index (χ0v) is 7.56. The number of nitrogens with zero attached hydrogens (tertiary/aromatic N) is 1. The fourth-order valence-electron chi connectivity index (χ4n) is 1.59. The molecule has 1 unspecified atom stereocenters. The van der Waals surface area contributed by atoms with Gasteiger partial charge in [-0.3, -0.25) is 10.1 Å². The number of hydrogen-bond donors (Lipinski definition) is 3. The van der Waals surface area contributed by atoms with Crippen LogP contribution in [0.3, 0.4) is 0 Å². The van der Waals surface area contributed by atoms with Crippen molar-refractivity contribution >= 4 is 0 Å². The molecule has 6 heteroatoms. The van der Waals surface area contributed by atoms with Crippen molar-refractivity contribution in [3.63, 3.8) is 0 Å². The average molecular weight is 196 g/mol. The van der Waals surface area contributed by atoms with Crippen molar-refractivity contribution in [3.8, 4) is 0 Å². The van der Waals surface area contributed by atoms with E-state index in [4.69, 9.17) is 11.5 Å². The van der Waals surface area contributed by atoms with E-state index in [2.05, 4.69) is 5.32 Å². The molecule has 0 amide bonds. The third-order valence-electron chi connectivity index (χ3n) is 2.67. The Labute approximate surface area is 80.8 Å². The topological polar surface area (TPSA) is 107 Å². The predicted molar refractivity (Wildman–Crippen MR) is 50.1 cm³/mol. The molecule has 1 fully saturated rings. The van der Waals surface area contributed by atoms with Gasteiger partial charge in [0.15, 0.2) is 0 Å². The van der Waals surface area contributed by atoms with E-state index in [-0.39, 0.29) is 5.70 Å². The smallest absolute Gasteiger partial charge is 0.286 e. The van der Waals surface area contributed by atoms with E-state index in [0.29, 0.717) is 11.6 Å². The van der Waals surface area contributed by atoms with Gasteiger partial charge in [-0.2, -0.15) is 0 Å². The van der Waals surface area contributed by atoms with E-state index in [0.717, 1.165) is 12.8 Å². The first kappa shape index (κ1) is 9.01. The van der Waals surface area contributed by atoms with Gasteiger partial charge >= 0.3 is 0 Å². The van der Waals surface area contributed by atoms with Gasteiger partial charge in [-0.1, -0.05) is 0 Å². The molecule has 0 spiro atoms. The predicted octanol–water partition coefficient (Wildman–Crippen LogP) is -0.385. The minimum Gasteiger partial charge on any atom is -0.399 e. The van der Waals surface area contributed by atoms with Gasteiger partial charge in [0.1, 0.15) is 5.66 Å². The van der Waals surface area contributed by atoms with Crippen molar-refractivity contribution in [2.45, 2.75) is 18.5 Å². The molecular weight excluding hydrogens is 184 g/mol. The van der Waals surface area contributed by atoms with Crippen LogP contribution in [0.25, 0.3) is 0 Å². The highest BCUT2D eigenvalue weighted by Crippen LogP contribution is 2.40. The number of allylic oxidation sites excluding steroid dienone is 1. The molecule has 6 nitrogen and oxygen atoms in total. The summed E-state index contributed by atoms with van der Waals surface area (Å²) in [6, 6.07) is 0. The summed E-state index contributed by atoms with van der Waals surface area (Å²) in [6.45, 7) is 0. The van der Waals surface area contributed by atoms with Crippen LogP contribution < -0.4 is 16.8 Å². The molecule has 0 aromatic heterocycles. The summed E-state index contributed by atoms with van der Waals surface area (Å²) in [5, 5.41) is 13.3. The first-order chi connectivity index (χ1) is 6.54. The molecule has 2 rings (SSSR count). The maximum atomic E-state index is 10.5. The normalized spacial score (nSPS) is 31.5. The molecule has 5 N–H and O–H groups in total. The Hall–Kier alpha value is -1.56. The fraction of sp³-hybridized carbons (Fsp3) is 0.500. The second kappa shape index (κ2) is 2.71. The molecule has 0 saturated heterocycles. The van der Waals surface area contributed by atoms with Crippen molar-refractivity contribution < 1.29 is 4.92 Å². The molecule has 2 aliphatic rings. The quantitative estimate of drug-likeness (QED) is 0.412. The van der Waals surface area contributed by atoms with Crippen LogP contribution in [0.15, 0.2) is 23.7 Å². The lowest BCUT2D eigenvalue weighted by Crippen LogP contribution is -2.58. The molecule has 0 aromatic rings. The highest BCUT2D eigenvalue weighted by atomic mass is 16.6. The first-order valence-electron chi connectivity index (χ1n) is 4.43. The van der Waals surface area contributed by atoms with Crippen molar-refractivity contribution in [3.05, 3.63) is 33.8 Å². The Morgan fingerprint density at radius 1 is 1.64 bits per heavy atom. The van der Waals surface area contributed by atoms with E-state index >= 15 is 0 Å². The zero-order chi connectivity index (χ0) is 10.3. The lowest BCUT2D eigenvalue weighted by Gasteiger charge is -2.32. The molecule has 1 aliphatic heterocycles. The molecule has 0 aromatic carbocycles. The minimum absolute atomic E-state index is 0.0516. The van der Waals surface area contributed by atoms with Crippen LogP contribution in [0.5, 0.6) is 0 Å². The van der Waals surface area contributed by atoms with Gasteiger partial charge in [-0.25, -0.2) is 0 Å². The van der Waals surface area contributed by atoms with Crippen molar-refractivity contribution in [2.24, 2.45) is 17.4 Å². The van der Waals surface area contributed by atoms with Gasteiger partial charge in [0, 0.05) is 12.0 Å². The van der Waals surface area contributed by atoms with Gasteiger partial charge in [-0.15, -0.1) is 0 Å². The molecule has 1 saturated carbocycles. The summed E-state index contributed by atoms with van der Waals surface area (Å²) >= 11 is 0. The maximum absolute atomic E-state index is 10.5. The summed E-state index contributed by atoms with van der Waals surface area (Å²) in [4.78, 5) is 9.96. The average Bonchev–Trinajstić information content (AvgIpc) is 2.92. The SMILES string of the molecule is NC1=CC([N+](=O)[O-])=CNC1(N)C1CC1. The summed E-state index contributed by atoms with van der Waals surface area (Å²) in [5.74, 6) is 0.295. The number of nitrogens with one attached hydrogen (secondary N) is 1. The van der Waals surface area contributed by atoms with E-state index in [9.17, 15) is 10.1 Å². The van der Waals surface area contributed by atoms with Gasteiger partial charge in [0.2, 0.25) is 0 Å². The zero-order valence-electron chi connectivity index (χ0n) is 7.56. The summed E-state index contributed by atoms with van der Waals surface area (Å²) in [5.41, 5.74) is 11.2. The second-order valence-corrected chi connectivity index (χ2v) is 3.71. The van der Waals surface area contributed by atoms with Gasteiger partial charge < -0.3 is 16.8 Å². The van der Waals surface area contributed by atoms with Crippen LogP contribution in [0, 0.1) is 16.0 Å². The molecular formula is C8H12N4O2. The first-order valence-corrected chi connectivity index (χ1v) is 4.43. The summed E-state index contributed by atoms with van der Waals surface area (Å²) in [7, 11) is 0. The largest absolute Gasteiger partial charge is 0.399 e. The van der Waals surface area contributed by atoms with Crippen LogP contribution in [-0.4, -0.2) is 10.6 Å². The summed E-state index contributed by atoms with van der Waals surface area (Å²) < 4.78 is 0. The van der Waals surface area contributed by atoms with Gasteiger partial charge in [0.05, 0.1) is 16.8 Å².